The molecular weight excluding hydrogens is 248 g/mol. The second-order valence-electron chi connectivity index (χ2n) is 4.80. The number of hydrogen-bond donors (Lipinski definition) is 1. The molecule has 0 saturated heterocycles. The van der Waals surface area contributed by atoms with E-state index in [9.17, 15) is 4.79 Å². The van der Waals surface area contributed by atoms with Gasteiger partial charge in [0, 0.05) is 25.4 Å². The molecule has 0 unspecified atom stereocenters. The fourth-order valence-corrected chi connectivity index (χ4v) is 2.06. The Morgan fingerprint density at radius 2 is 1.80 bits per heavy atom. The molecule has 1 amide bonds. The Labute approximate surface area is 120 Å². The van der Waals surface area contributed by atoms with Gasteiger partial charge in [-0.1, -0.05) is 36.4 Å². The maximum absolute atomic E-state index is 11.7. The van der Waals surface area contributed by atoms with Crippen molar-refractivity contribution in [3.05, 3.63) is 66.0 Å². The quantitative estimate of drug-likeness (QED) is 0.785. The normalized spacial score (nSPS) is 10.2. The van der Waals surface area contributed by atoms with Crippen molar-refractivity contribution in [1.82, 2.24) is 10.3 Å². The van der Waals surface area contributed by atoms with E-state index in [-0.39, 0.29) is 5.91 Å². The molecular formula is C17H20N2O. The number of amides is 1. The van der Waals surface area contributed by atoms with Crippen molar-refractivity contribution in [3.8, 4) is 0 Å². The van der Waals surface area contributed by atoms with E-state index in [2.05, 4.69) is 28.5 Å². The van der Waals surface area contributed by atoms with E-state index in [0.717, 1.165) is 25.8 Å². The van der Waals surface area contributed by atoms with Crippen molar-refractivity contribution in [3.63, 3.8) is 0 Å². The average Bonchev–Trinajstić information content (AvgIpc) is 2.52. The lowest BCUT2D eigenvalue weighted by Gasteiger charge is -2.05. The van der Waals surface area contributed by atoms with Crippen LogP contribution in [0.25, 0.3) is 0 Å². The number of nitrogens with one attached hydrogen (secondary N) is 1. The van der Waals surface area contributed by atoms with Gasteiger partial charge in [0.1, 0.15) is 0 Å². The predicted molar refractivity (Wildman–Crippen MR) is 80.3 cm³/mol. The first-order chi connectivity index (χ1) is 9.84. The van der Waals surface area contributed by atoms with Crippen LogP contribution in [0.3, 0.4) is 0 Å². The largest absolute Gasteiger partial charge is 0.356 e. The molecule has 2 rings (SSSR count). The van der Waals surface area contributed by atoms with E-state index in [1.165, 1.54) is 11.1 Å². The maximum atomic E-state index is 11.7. The summed E-state index contributed by atoms with van der Waals surface area (Å²) in [5.41, 5.74) is 2.42. The third-order valence-electron chi connectivity index (χ3n) is 3.17. The summed E-state index contributed by atoms with van der Waals surface area (Å²) in [5, 5.41) is 2.96. The zero-order valence-corrected chi connectivity index (χ0v) is 11.6. The number of rotatable bonds is 7. The summed E-state index contributed by atoms with van der Waals surface area (Å²) < 4.78 is 0. The number of carbonyl (C=O) groups is 1. The first-order valence-electron chi connectivity index (χ1n) is 7.04. The standard InChI is InChI=1S/C17H20N2O/c20-17(11-10-15-6-2-1-3-7-15)19-13-5-9-16-8-4-12-18-14-16/h1-4,6-8,12,14H,5,9-11,13H2,(H,19,20). The Morgan fingerprint density at radius 1 is 1.00 bits per heavy atom. The lowest BCUT2D eigenvalue weighted by molar-refractivity contribution is -0.121. The third-order valence-corrected chi connectivity index (χ3v) is 3.17. The molecule has 3 nitrogen and oxygen atoms in total. The fourth-order valence-electron chi connectivity index (χ4n) is 2.06. The van der Waals surface area contributed by atoms with E-state index < -0.39 is 0 Å². The average molecular weight is 268 g/mol. The molecule has 1 N–H and O–H groups in total. The van der Waals surface area contributed by atoms with Gasteiger partial charge in [-0.2, -0.15) is 0 Å². The molecule has 1 heterocycles. The number of benzene rings is 1. The topological polar surface area (TPSA) is 42.0 Å². The van der Waals surface area contributed by atoms with Gasteiger partial charge in [-0.05, 0) is 36.5 Å². The van der Waals surface area contributed by atoms with Gasteiger partial charge in [-0.3, -0.25) is 9.78 Å². The second kappa shape index (κ2) is 8.10. The molecule has 0 aliphatic carbocycles. The number of aryl methyl sites for hydroxylation is 2. The van der Waals surface area contributed by atoms with E-state index in [4.69, 9.17) is 0 Å². The SMILES string of the molecule is O=C(CCc1ccccc1)NCCCc1cccnc1. The Hall–Kier alpha value is -2.16. The lowest BCUT2D eigenvalue weighted by atomic mass is 10.1. The van der Waals surface area contributed by atoms with Crippen LogP contribution < -0.4 is 5.32 Å². The van der Waals surface area contributed by atoms with Gasteiger partial charge in [0.2, 0.25) is 5.91 Å². The number of hydrogen-bond acceptors (Lipinski definition) is 2. The Morgan fingerprint density at radius 3 is 2.55 bits per heavy atom. The molecule has 0 spiro atoms. The van der Waals surface area contributed by atoms with Crippen LogP contribution in [-0.2, 0) is 17.6 Å². The minimum Gasteiger partial charge on any atom is -0.356 e. The molecule has 1 aromatic carbocycles. The lowest BCUT2D eigenvalue weighted by Crippen LogP contribution is -2.24. The van der Waals surface area contributed by atoms with Gasteiger partial charge in [-0.25, -0.2) is 0 Å². The van der Waals surface area contributed by atoms with E-state index in [1.807, 2.05) is 30.5 Å². The Balaban J connectivity index is 1.59. The van der Waals surface area contributed by atoms with Crippen molar-refractivity contribution < 1.29 is 4.79 Å². The highest BCUT2D eigenvalue weighted by atomic mass is 16.1. The summed E-state index contributed by atoms with van der Waals surface area (Å²) in [7, 11) is 0. The summed E-state index contributed by atoms with van der Waals surface area (Å²) in [6.45, 7) is 0.725. The van der Waals surface area contributed by atoms with Crippen LogP contribution in [0.2, 0.25) is 0 Å². The molecule has 1 aromatic heterocycles. The van der Waals surface area contributed by atoms with Crippen molar-refractivity contribution >= 4 is 5.91 Å². The summed E-state index contributed by atoms with van der Waals surface area (Å²) >= 11 is 0. The van der Waals surface area contributed by atoms with Crippen molar-refractivity contribution in [2.24, 2.45) is 0 Å². The summed E-state index contributed by atoms with van der Waals surface area (Å²) in [6, 6.07) is 14.1. The predicted octanol–water partition coefficient (Wildman–Crippen LogP) is 2.76. The molecule has 0 aliphatic rings. The number of aromatic nitrogens is 1. The third kappa shape index (κ3) is 5.22. The van der Waals surface area contributed by atoms with Crippen LogP contribution in [0.4, 0.5) is 0 Å². The van der Waals surface area contributed by atoms with E-state index >= 15 is 0 Å². The monoisotopic (exact) mass is 268 g/mol. The number of nitrogens with zero attached hydrogens (tertiary/aromatic N) is 1. The first kappa shape index (κ1) is 14.3. The molecule has 2 aromatic rings. The molecule has 20 heavy (non-hydrogen) atoms. The van der Waals surface area contributed by atoms with Gasteiger partial charge in [0.15, 0.2) is 0 Å². The molecule has 104 valence electrons. The zero-order chi connectivity index (χ0) is 14.0. The number of carbonyl (C=O) groups excluding carboxylic acids is 1. The van der Waals surface area contributed by atoms with Crippen molar-refractivity contribution in [2.45, 2.75) is 25.7 Å². The molecule has 0 fully saturated rings. The first-order valence-corrected chi connectivity index (χ1v) is 7.04. The highest BCUT2D eigenvalue weighted by molar-refractivity contribution is 5.76. The van der Waals surface area contributed by atoms with Crippen LogP contribution in [0.5, 0.6) is 0 Å². The van der Waals surface area contributed by atoms with E-state index in [0.29, 0.717) is 6.42 Å². The van der Waals surface area contributed by atoms with Crippen molar-refractivity contribution in [1.29, 1.82) is 0 Å². The Kier molecular flexibility index (Phi) is 5.77. The fraction of sp³-hybridized carbons (Fsp3) is 0.294. The van der Waals surface area contributed by atoms with Gasteiger partial charge in [0.25, 0.3) is 0 Å². The zero-order valence-electron chi connectivity index (χ0n) is 11.6. The maximum Gasteiger partial charge on any atom is 0.220 e. The highest BCUT2D eigenvalue weighted by Gasteiger charge is 2.01. The van der Waals surface area contributed by atoms with Crippen LogP contribution in [0, 0.1) is 0 Å². The summed E-state index contributed by atoms with van der Waals surface area (Å²) in [6.07, 6.45) is 6.90. The van der Waals surface area contributed by atoms with Gasteiger partial charge >= 0.3 is 0 Å². The Bertz CT molecular complexity index is 511. The molecule has 3 heteroatoms. The van der Waals surface area contributed by atoms with E-state index in [1.54, 1.807) is 6.20 Å². The van der Waals surface area contributed by atoms with Crippen LogP contribution in [0.15, 0.2) is 54.9 Å². The molecule has 0 radical (unpaired) electrons. The molecule has 0 atom stereocenters. The van der Waals surface area contributed by atoms with Crippen LogP contribution in [0.1, 0.15) is 24.0 Å². The van der Waals surface area contributed by atoms with Crippen LogP contribution >= 0.6 is 0 Å². The molecule has 0 aliphatic heterocycles. The second-order valence-corrected chi connectivity index (χ2v) is 4.80. The smallest absolute Gasteiger partial charge is 0.220 e. The van der Waals surface area contributed by atoms with Crippen LogP contribution in [-0.4, -0.2) is 17.4 Å². The number of pyridine rings is 1. The minimum absolute atomic E-state index is 0.125. The molecule has 0 bridgehead atoms. The summed E-state index contributed by atoms with van der Waals surface area (Å²) in [5.74, 6) is 0.125. The van der Waals surface area contributed by atoms with Gasteiger partial charge in [-0.15, -0.1) is 0 Å². The van der Waals surface area contributed by atoms with Gasteiger partial charge in [0.05, 0.1) is 0 Å². The van der Waals surface area contributed by atoms with Gasteiger partial charge < -0.3 is 5.32 Å². The minimum atomic E-state index is 0.125. The highest BCUT2D eigenvalue weighted by Crippen LogP contribution is 2.02. The molecule has 0 saturated carbocycles. The van der Waals surface area contributed by atoms with Crippen molar-refractivity contribution in [2.75, 3.05) is 6.54 Å². The summed E-state index contributed by atoms with van der Waals surface area (Å²) in [4.78, 5) is 15.8.